The fraction of sp³-hybridized carbons (Fsp3) is 0.500. The molecular weight excluding hydrogens is 172 g/mol. The summed E-state index contributed by atoms with van der Waals surface area (Å²) in [5, 5.41) is 0. The van der Waals surface area contributed by atoms with Crippen LogP contribution < -0.4 is 11.3 Å². The zero-order valence-corrected chi connectivity index (χ0v) is 9.09. The van der Waals surface area contributed by atoms with Crippen LogP contribution in [0.1, 0.15) is 43.9 Å². The molecule has 0 aliphatic heterocycles. The minimum atomic E-state index is 0.297. The molecule has 1 aromatic carbocycles. The number of hydrazine groups is 1. The molecule has 0 bridgehead atoms. The van der Waals surface area contributed by atoms with Gasteiger partial charge in [0.1, 0.15) is 0 Å². The lowest BCUT2D eigenvalue weighted by Crippen LogP contribution is -2.27. The van der Waals surface area contributed by atoms with Crippen LogP contribution >= 0.6 is 0 Å². The number of hydrogen-bond acceptors (Lipinski definition) is 2. The second-order valence-corrected chi connectivity index (χ2v) is 3.60. The highest BCUT2D eigenvalue weighted by atomic mass is 15.2. The minimum absolute atomic E-state index is 0.297. The van der Waals surface area contributed by atoms with Crippen molar-refractivity contribution < 1.29 is 0 Å². The number of benzene rings is 1. The zero-order valence-electron chi connectivity index (χ0n) is 9.09. The molecule has 1 aromatic rings. The SMILES string of the molecule is CCCC(NN)c1ccc(CC)cc1. The third-order valence-electron chi connectivity index (χ3n) is 2.57. The summed E-state index contributed by atoms with van der Waals surface area (Å²) in [7, 11) is 0. The Kier molecular flexibility index (Phi) is 4.63. The van der Waals surface area contributed by atoms with Crippen LogP contribution in [0, 0.1) is 0 Å². The van der Waals surface area contributed by atoms with E-state index in [1.807, 2.05) is 0 Å². The highest BCUT2D eigenvalue weighted by Crippen LogP contribution is 2.18. The quantitative estimate of drug-likeness (QED) is 0.556. The molecule has 3 N–H and O–H groups in total. The molecule has 0 heterocycles. The van der Waals surface area contributed by atoms with Gasteiger partial charge in [-0.15, -0.1) is 0 Å². The fourth-order valence-electron chi connectivity index (χ4n) is 1.62. The Balaban J connectivity index is 2.73. The summed E-state index contributed by atoms with van der Waals surface area (Å²) in [6.45, 7) is 4.34. The van der Waals surface area contributed by atoms with Crippen LogP contribution in [0.2, 0.25) is 0 Å². The van der Waals surface area contributed by atoms with Crippen LogP contribution in [0.4, 0.5) is 0 Å². The molecule has 14 heavy (non-hydrogen) atoms. The third-order valence-corrected chi connectivity index (χ3v) is 2.57. The van der Waals surface area contributed by atoms with Crippen molar-refractivity contribution in [3.8, 4) is 0 Å². The van der Waals surface area contributed by atoms with Crippen LogP contribution in [0.25, 0.3) is 0 Å². The molecule has 0 saturated heterocycles. The van der Waals surface area contributed by atoms with Gasteiger partial charge in [0.2, 0.25) is 0 Å². The predicted molar refractivity (Wildman–Crippen MR) is 60.8 cm³/mol. The van der Waals surface area contributed by atoms with Crippen LogP contribution in [-0.4, -0.2) is 0 Å². The Hall–Kier alpha value is -0.860. The number of nitrogens with one attached hydrogen (secondary N) is 1. The van der Waals surface area contributed by atoms with E-state index >= 15 is 0 Å². The smallest absolute Gasteiger partial charge is 0.0459 e. The standard InChI is InChI=1S/C12H20N2/c1-3-5-12(14-13)11-8-6-10(4-2)7-9-11/h6-9,12,14H,3-5,13H2,1-2H3. The molecule has 2 nitrogen and oxygen atoms in total. The second kappa shape index (κ2) is 5.78. The van der Waals surface area contributed by atoms with Gasteiger partial charge in [-0.2, -0.15) is 0 Å². The van der Waals surface area contributed by atoms with Gasteiger partial charge in [0.05, 0.1) is 0 Å². The second-order valence-electron chi connectivity index (χ2n) is 3.60. The van der Waals surface area contributed by atoms with E-state index in [2.05, 4.69) is 43.5 Å². The Labute approximate surface area is 86.5 Å². The highest BCUT2D eigenvalue weighted by molar-refractivity contribution is 5.24. The largest absolute Gasteiger partial charge is 0.271 e. The van der Waals surface area contributed by atoms with Crippen molar-refractivity contribution in [2.24, 2.45) is 5.84 Å². The number of rotatable bonds is 5. The summed E-state index contributed by atoms with van der Waals surface area (Å²) in [6, 6.07) is 8.98. The van der Waals surface area contributed by atoms with Gasteiger partial charge in [-0.25, -0.2) is 0 Å². The van der Waals surface area contributed by atoms with Crippen molar-refractivity contribution in [3.63, 3.8) is 0 Å². The lowest BCUT2D eigenvalue weighted by Gasteiger charge is -2.15. The lowest BCUT2D eigenvalue weighted by atomic mass is 10.0. The maximum Gasteiger partial charge on any atom is 0.0459 e. The Morgan fingerprint density at radius 1 is 1.21 bits per heavy atom. The molecule has 0 aliphatic carbocycles. The monoisotopic (exact) mass is 192 g/mol. The van der Waals surface area contributed by atoms with Crippen molar-refractivity contribution >= 4 is 0 Å². The van der Waals surface area contributed by atoms with Crippen molar-refractivity contribution in [2.75, 3.05) is 0 Å². The van der Waals surface area contributed by atoms with E-state index in [1.54, 1.807) is 0 Å². The van der Waals surface area contributed by atoms with Gasteiger partial charge in [0.15, 0.2) is 0 Å². The first-order valence-corrected chi connectivity index (χ1v) is 5.36. The van der Waals surface area contributed by atoms with Gasteiger partial charge in [-0.1, -0.05) is 44.5 Å². The molecule has 2 heteroatoms. The Morgan fingerprint density at radius 3 is 2.29 bits per heavy atom. The topological polar surface area (TPSA) is 38.0 Å². The first-order chi connectivity index (χ1) is 6.81. The van der Waals surface area contributed by atoms with Crippen molar-refractivity contribution in [3.05, 3.63) is 35.4 Å². The molecule has 0 amide bonds. The number of aryl methyl sites for hydroxylation is 1. The first-order valence-electron chi connectivity index (χ1n) is 5.36. The summed E-state index contributed by atoms with van der Waals surface area (Å²) < 4.78 is 0. The van der Waals surface area contributed by atoms with E-state index in [1.165, 1.54) is 11.1 Å². The molecule has 78 valence electrons. The summed E-state index contributed by atoms with van der Waals surface area (Å²) in [4.78, 5) is 0. The number of nitrogens with two attached hydrogens (primary N) is 1. The third kappa shape index (κ3) is 2.82. The van der Waals surface area contributed by atoms with Gasteiger partial charge in [0, 0.05) is 6.04 Å². The average Bonchev–Trinajstić information content (AvgIpc) is 2.26. The van der Waals surface area contributed by atoms with Gasteiger partial charge in [0.25, 0.3) is 0 Å². The van der Waals surface area contributed by atoms with Gasteiger partial charge >= 0.3 is 0 Å². The normalized spacial score (nSPS) is 12.8. The first kappa shape index (κ1) is 11.2. The maximum absolute atomic E-state index is 5.51. The van der Waals surface area contributed by atoms with Gasteiger partial charge < -0.3 is 0 Å². The average molecular weight is 192 g/mol. The zero-order chi connectivity index (χ0) is 10.4. The molecule has 1 unspecified atom stereocenters. The number of hydrogen-bond donors (Lipinski definition) is 2. The molecule has 0 aromatic heterocycles. The summed E-state index contributed by atoms with van der Waals surface area (Å²) in [6.07, 6.45) is 3.32. The van der Waals surface area contributed by atoms with E-state index in [4.69, 9.17) is 5.84 Å². The van der Waals surface area contributed by atoms with Crippen LogP contribution in [-0.2, 0) is 6.42 Å². The minimum Gasteiger partial charge on any atom is -0.271 e. The summed E-state index contributed by atoms with van der Waals surface area (Å²) in [5.74, 6) is 5.51. The van der Waals surface area contributed by atoms with Gasteiger partial charge in [-0.3, -0.25) is 11.3 Å². The molecule has 1 atom stereocenters. The van der Waals surface area contributed by atoms with E-state index in [9.17, 15) is 0 Å². The van der Waals surface area contributed by atoms with Crippen molar-refractivity contribution in [1.82, 2.24) is 5.43 Å². The molecule has 1 rings (SSSR count). The lowest BCUT2D eigenvalue weighted by molar-refractivity contribution is 0.510. The molecule has 0 fully saturated rings. The molecule has 0 aliphatic rings. The fourth-order valence-corrected chi connectivity index (χ4v) is 1.62. The Bertz CT molecular complexity index is 254. The van der Waals surface area contributed by atoms with Crippen molar-refractivity contribution in [2.45, 2.75) is 39.2 Å². The van der Waals surface area contributed by atoms with Crippen molar-refractivity contribution in [1.29, 1.82) is 0 Å². The van der Waals surface area contributed by atoms with E-state index in [-0.39, 0.29) is 0 Å². The van der Waals surface area contributed by atoms with Gasteiger partial charge in [-0.05, 0) is 24.0 Å². The Morgan fingerprint density at radius 2 is 1.86 bits per heavy atom. The van der Waals surface area contributed by atoms with Crippen LogP contribution in [0.3, 0.4) is 0 Å². The van der Waals surface area contributed by atoms with Crippen LogP contribution in [0.5, 0.6) is 0 Å². The predicted octanol–water partition coefficient (Wildman–Crippen LogP) is 2.55. The van der Waals surface area contributed by atoms with Crippen LogP contribution in [0.15, 0.2) is 24.3 Å². The van der Waals surface area contributed by atoms with E-state index in [0.29, 0.717) is 6.04 Å². The highest BCUT2D eigenvalue weighted by Gasteiger charge is 2.07. The molecule has 0 radical (unpaired) electrons. The maximum atomic E-state index is 5.51. The summed E-state index contributed by atoms with van der Waals surface area (Å²) in [5.41, 5.74) is 5.52. The molecule has 0 saturated carbocycles. The molecular formula is C12H20N2. The summed E-state index contributed by atoms with van der Waals surface area (Å²) >= 11 is 0. The van der Waals surface area contributed by atoms with E-state index in [0.717, 1.165) is 19.3 Å². The molecule has 0 spiro atoms. The van der Waals surface area contributed by atoms with E-state index < -0.39 is 0 Å².